The Morgan fingerprint density at radius 3 is 2.77 bits per heavy atom. The van der Waals surface area contributed by atoms with Gasteiger partial charge in [0.15, 0.2) is 0 Å². The minimum absolute atomic E-state index is 0.276. The van der Waals surface area contributed by atoms with Gasteiger partial charge in [-0.2, -0.15) is 0 Å². The van der Waals surface area contributed by atoms with Gasteiger partial charge in [-0.05, 0) is 25.2 Å². The fourth-order valence-corrected chi connectivity index (χ4v) is 1.11. The molecule has 0 saturated heterocycles. The number of hydrogen-bond donors (Lipinski definition) is 1. The second-order valence-electron chi connectivity index (χ2n) is 3.47. The van der Waals surface area contributed by atoms with Crippen LogP contribution in [0.1, 0.15) is 39.5 Å². The molecule has 0 spiro atoms. The van der Waals surface area contributed by atoms with Gasteiger partial charge < -0.3 is 9.84 Å². The molecule has 1 atom stereocenters. The highest BCUT2D eigenvalue weighted by Gasteiger charge is 2.03. The highest BCUT2D eigenvalue weighted by atomic mass is 16.5. The third kappa shape index (κ3) is 9.34. The van der Waals surface area contributed by atoms with Crippen LogP contribution in [-0.4, -0.2) is 24.3 Å². The molecule has 0 aromatic carbocycles. The number of ether oxygens (including phenoxy) is 1. The maximum Gasteiger partial charge on any atom is 0.303 e. The molecule has 1 unspecified atom stereocenters. The maximum absolute atomic E-state index is 10.2. The van der Waals surface area contributed by atoms with E-state index in [4.69, 9.17) is 9.84 Å². The normalized spacial score (nSPS) is 12.8. The molecule has 78 valence electrons. The summed E-state index contributed by atoms with van der Waals surface area (Å²) in [4.78, 5) is 10.2. The first-order valence-electron chi connectivity index (χ1n) is 4.96. The monoisotopic (exact) mass is 188 g/mol. The Hall–Kier alpha value is -0.570. The third-order valence-corrected chi connectivity index (χ3v) is 1.84. The summed E-state index contributed by atoms with van der Waals surface area (Å²) in [7, 11) is 0. The first kappa shape index (κ1) is 12.4. The van der Waals surface area contributed by atoms with Crippen molar-refractivity contribution >= 4 is 5.97 Å². The molecule has 13 heavy (non-hydrogen) atoms. The first-order chi connectivity index (χ1) is 6.16. The summed E-state index contributed by atoms with van der Waals surface area (Å²) in [5.74, 6) is -0.229. The van der Waals surface area contributed by atoms with Crippen molar-refractivity contribution in [3.63, 3.8) is 0 Å². The highest BCUT2D eigenvalue weighted by Crippen LogP contribution is 2.08. The van der Waals surface area contributed by atoms with Crippen LogP contribution in [0.25, 0.3) is 0 Å². The van der Waals surface area contributed by atoms with Crippen LogP contribution < -0.4 is 0 Å². The van der Waals surface area contributed by atoms with Crippen molar-refractivity contribution in [2.75, 3.05) is 13.2 Å². The predicted molar refractivity (Wildman–Crippen MR) is 51.8 cm³/mol. The summed E-state index contributed by atoms with van der Waals surface area (Å²) in [6.07, 6.45) is 3.02. The lowest BCUT2D eigenvalue weighted by molar-refractivity contribution is -0.137. The molecule has 0 fully saturated rings. The second-order valence-corrected chi connectivity index (χ2v) is 3.47. The Morgan fingerprint density at radius 2 is 2.23 bits per heavy atom. The minimum atomic E-state index is -0.707. The molecule has 0 rings (SSSR count). The van der Waals surface area contributed by atoms with Crippen molar-refractivity contribution in [2.45, 2.75) is 39.5 Å². The molecule has 0 aromatic rings. The first-order valence-corrected chi connectivity index (χ1v) is 4.96. The quantitative estimate of drug-likeness (QED) is 0.594. The Labute approximate surface area is 80.1 Å². The van der Waals surface area contributed by atoms with Crippen LogP contribution in [0.15, 0.2) is 0 Å². The van der Waals surface area contributed by atoms with Gasteiger partial charge in [0.25, 0.3) is 0 Å². The van der Waals surface area contributed by atoms with E-state index >= 15 is 0 Å². The van der Waals surface area contributed by atoms with Crippen molar-refractivity contribution in [3.8, 4) is 0 Å². The highest BCUT2D eigenvalue weighted by molar-refractivity contribution is 5.66. The van der Waals surface area contributed by atoms with E-state index < -0.39 is 5.97 Å². The summed E-state index contributed by atoms with van der Waals surface area (Å²) in [5.41, 5.74) is 0. The van der Waals surface area contributed by atoms with Gasteiger partial charge in [0.1, 0.15) is 0 Å². The fourth-order valence-electron chi connectivity index (χ4n) is 1.11. The van der Waals surface area contributed by atoms with Crippen molar-refractivity contribution in [3.05, 3.63) is 0 Å². The van der Waals surface area contributed by atoms with Gasteiger partial charge in [0.05, 0.1) is 0 Å². The summed E-state index contributed by atoms with van der Waals surface area (Å²) >= 11 is 0. The van der Waals surface area contributed by atoms with E-state index in [-0.39, 0.29) is 6.42 Å². The number of aliphatic carboxylic acids is 1. The summed E-state index contributed by atoms with van der Waals surface area (Å²) in [5, 5.41) is 8.41. The average molecular weight is 188 g/mol. The molecule has 1 N–H and O–H groups in total. The lowest BCUT2D eigenvalue weighted by Gasteiger charge is -2.10. The SMILES string of the molecule is CCCOCC(C)CCCC(=O)O. The molecule has 3 nitrogen and oxygen atoms in total. The van der Waals surface area contributed by atoms with E-state index in [1.54, 1.807) is 0 Å². The Morgan fingerprint density at radius 1 is 1.54 bits per heavy atom. The molecule has 0 bridgehead atoms. The lowest BCUT2D eigenvalue weighted by Crippen LogP contribution is -2.07. The molecular weight excluding hydrogens is 168 g/mol. The van der Waals surface area contributed by atoms with Gasteiger partial charge in [0.2, 0.25) is 0 Å². The van der Waals surface area contributed by atoms with Gasteiger partial charge in [-0.3, -0.25) is 4.79 Å². The number of hydrogen-bond acceptors (Lipinski definition) is 2. The van der Waals surface area contributed by atoms with Crippen LogP contribution in [0.5, 0.6) is 0 Å². The largest absolute Gasteiger partial charge is 0.481 e. The molecule has 3 heteroatoms. The smallest absolute Gasteiger partial charge is 0.303 e. The molecule has 0 saturated carbocycles. The van der Waals surface area contributed by atoms with Crippen molar-refractivity contribution < 1.29 is 14.6 Å². The summed E-state index contributed by atoms with van der Waals surface area (Å²) in [6.45, 7) is 5.74. The summed E-state index contributed by atoms with van der Waals surface area (Å²) < 4.78 is 5.35. The third-order valence-electron chi connectivity index (χ3n) is 1.84. The topological polar surface area (TPSA) is 46.5 Å². The second kappa shape index (κ2) is 8.05. The van der Waals surface area contributed by atoms with Crippen LogP contribution in [0.2, 0.25) is 0 Å². The zero-order valence-corrected chi connectivity index (χ0v) is 8.58. The van der Waals surface area contributed by atoms with E-state index in [2.05, 4.69) is 13.8 Å². The molecular formula is C10H20O3. The minimum Gasteiger partial charge on any atom is -0.481 e. The van der Waals surface area contributed by atoms with Crippen LogP contribution >= 0.6 is 0 Å². The van der Waals surface area contributed by atoms with Gasteiger partial charge >= 0.3 is 5.97 Å². The lowest BCUT2D eigenvalue weighted by atomic mass is 10.1. The van der Waals surface area contributed by atoms with E-state index in [0.29, 0.717) is 5.92 Å². The van der Waals surface area contributed by atoms with Crippen molar-refractivity contribution in [1.29, 1.82) is 0 Å². The predicted octanol–water partition coefficient (Wildman–Crippen LogP) is 2.30. The number of carboxylic acids is 1. The van der Waals surface area contributed by atoms with E-state index in [1.807, 2.05) is 0 Å². The van der Waals surface area contributed by atoms with Crippen LogP contribution in [0, 0.1) is 5.92 Å². The van der Waals surface area contributed by atoms with Crippen LogP contribution in [-0.2, 0) is 9.53 Å². The van der Waals surface area contributed by atoms with Gasteiger partial charge in [-0.1, -0.05) is 13.8 Å². The molecule has 0 heterocycles. The van der Waals surface area contributed by atoms with Gasteiger partial charge in [0, 0.05) is 19.6 Å². The standard InChI is InChI=1S/C10H20O3/c1-3-7-13-8-9(2)5-4-6-10(11)12/h9H,3-8H2,1-2H3,(H,11,12). The van der Waals surface area contributed by atoms with E-state index in [0.717, 1.165) is 32.5 Å². The summed E-state index contributed by atoms with van der Waals surface area (Å²) in [6, 6.07) is 0. The molecule has 0 aliphatic carbocycles. The van der Waals surface area contributed by atoms with Gasteiger partial charge in [-0.15, -0.1) is 0 Å². The zero-order chi connectivity index (χ0) is 10.1. The number of carbonyl (C=O) groups is 1. The maximum atomic E-state index is 10.2. The van der Waals surface area contributed by atoms with Gasteiger partial charge in [-0.25, -0.2) is 0 Å². The Balaban J connectivity index is 3.19. The number of carboxylic acid groups (broad SMARTS) is 1. The molecule has 0 aliphatic heterocycles. The molecule has 0 radical (unpaired) electrons. The van der Waals surface area contributed by atoms with Crippen molar-refractivity contribution in [1.82, 2.24) is 0 Å². The zero-order valence-electron chi connectivity index (χ0n) is 8.58. The fraction of sp³-hybridized carbons (Fsp3) is 0.900. The average Bonchev–Trinajstić information content (AvgIpc) is 2.04. The van der Waals surface area contributed by atoms with Crippen molar-refractivity contribution in [2.24, 2.45) is 5.92 Å². The Bertz CT molecular complexity index is 134. The van der Waals surface area contributed by atoms with Crippen LogP contribution in [0.4, 0.5) is 0 Å². The molecule has 0 amide bonds. The molecule has 0 aromatic heterocycles. The van der Waals surface area contributed by atoms with E-state index in [1.165, 1.54) is 0 Å². The Kier molecular flexibility index (Phi) is 7.69. The molecule has 0 aliphatic rings. The number of rotatable bonds is 8. The van der Waals surface area contributed by atoms with Crippen LogP contribution in [0.3, 0.4) is 0 Å². The van der Waals surface area contributed by atoms with E-state index in [9.17, 15) is 4.79 Å².